The maximum atomic E-state index is 12.9. The van der Waals surface area contributed by atoms with Crippen molar-refractivity contribution in [1.82, 2.24) is 10.6 Å². The van der Waals surface area contributed by atoms with Crippen molar-refractivity contribution in [3.05, 3.63) is 35.4 Å². The van der Waals surface area contributed by atoms with Crippen LogP contribution in [-0.4, -0.2) is 40.1 Å². The molecule has 2 atom stereocenters. The van der Waals surface area contributed by atoms with Crippen molar-refractivity contribution in [3.63, 3.8) is 0 Å². The van der Waals surface area contributed by atoms with E-state index < -0.39 is 23.2 Å². The smallest absolute Gasteiger partial charge is 0.243 e. The van der Waals surface area contributed by atoms with Crippen molar-refractivity contribution < 1.29 is 14.7 Å². The molecule has 2 amide bonds. The minimum absolute atomic E-state index is 0.240. The first-order valence-electron chi connectivity index (χ1n) is 12.1. The van der Waals surface area contributed by atoms with Crippen molar-refractivity contribution in [2.75, 3.05) is 0 Å². The molecule has 1 saturated carbocycles. The molecule has 2 unspecified atom stereocenters. The van der Waals surface area contributed by atoms with Crippen molar-refractivity contribution in [1.29, 1.82) is 0 Å². The van der Waals surface area contributed by atoms with Gasteiger partial charge in [0.25, 0.3) is 0 Å². The normalized spacial score (nSPS) is 17.5. The van der Waals surface area contributed by atoms with Crippen molar-refractivity contribution in [2.24, 2.45) is 11.7 Å². The molecule has 0 aromatic heterocycles. The quantitative estimate of drug-likeness (QED) is 0.474. The third-order valence-corrected chi connectivity index (χ3v) is 5.71. The van der Waals surface area contributed by atoms with Gasteiger partial charge in [-0.15, -0.1) is 0 Å². The molecule has 1 aromatic rings. The number of amides is 2. The summed E-state index contributed by atoms with van der Waals surface area (Å²) in [6, 6.07) is 6.21. The van der Waals surface area contributed by atoms with E-state index in [0.29, 0.717) is 12.8 Å². The maximum Gasteiger partial charge on any atom is 0.243 e. The van der Waals surface area contributed by atoms with Crippen LogP contribution >= 0.6 is 0 Å². The Hall–Kier alpha value is -2.36. The Morgan fingerprint density at radius 1 is 1.09 bits per heavy atom. The van der Waals surface area contributed by atoms with Crippen LogP contribution in [0, 0.1) is 17.8 Å². The molecule has 6 heteroatoms. The van der Waals surface area contributed by atoms with E-state index in [1.807, 2.05) is 58.9 Å². The minimum Gasteiger partial charge on any atom is -0.378 e. The summed E-state index contributed by atoms with van der Waals surface area (Å²) in [5.74, 6) is 5.86. The highest BCUT2D eigenvalue weighted by Gasteiger charge is 2.28. The summed E-state index contributed by atoms with van der Waals surface area (Å²) in [4.78, 5) is 25.5. The van der Waals surface area contributed by atoms with Gasteiger partial charge in [-0.2, -0.15) is 0 Å². The second kappa shape index (κ2) is 11.7. The predicted octanol–water partition coefficient (Wildman–Crippen LogP) is 3.05. The zero-order chi connectivity index (χ0) is 24.6. The van der Waals surface area contributed by atoms with E-state index in [-0.39, 0.29) is 17.7 Å². The zero-order valence-electron chi connectivity index (χ0n) is 20.8. The maximum absolute atomic E-state index is 12.9. The molecule has 182 valence electrons. The molecular formula is C27H41N3O3. The number of rotatable bonds is 7. The first-order valence-corrected chi connectivity index (χ1v) is 12.1. The third kappa shape index (κ3) is 9.57. The SMILES string of the molecule is CC(C)CC(N)C(=O)NC(Cc1ccc(C#CC2(O)CCCCC2)cc1)C(=O)NC(C)(C)C. The molecule has 0 radical (unpaired) electrons. The van der Waals surface area contributed by atoms with Gasteiger partial charge in [0.05, 0.1) is 6.04 Å². The van der Waals surface area contributed by atoms with E-state index in [1.54, 1.807) is 0 Å². The molecule has 1 aliphatic rings. The van der Waals surface area contributed by atoms with E-state index in [9.17, 15) is 14.7 Å². The van der Waals surface area contributed by atoms with Crippen molar-refractivity contribution in [2.45, 2.75) is 103 Å². The molecule has 0 spiro atoms. The van der Waals surface area contributed by atoms with Gasteiger partial charge < -0.3 is 21.5 Å². The van der Waals surface area contributed by atoms with Gasteiger partial charge in [-0.25, -0.2) is 0 Å². The van der Waals surface area contributed by atoms with Gasteiger partial charge in [0.15, 0.2) is 0 Å². The summed E-state index contributed by atoms with van der Waals surface area (Å²) in [7, 11) is 0. The van der Waals surface area contributed by atoms with Crippen molar-refractivity contribution in [3.8, 4) is 11.8 Å². The van der Waals surface area contributed by atoms with Crippen LogP contribution in [0.25, 0.3) is 0 Å². The van der Waals surface area contributed by atoms with E-state index in [1.165, 1.54) is 0 Å². The molecule has 0 aliphatic heterocycles. The number of benzene rings is 1. The number of carbonyl (C=O) groups excluding carboxylic acids is 2. The molecule has 5 N–H and O–H groups in total. The molecule has 0 saturated heterocycles. The molecule has 0 heterocycles. The first kappa shape index (κ1) is 26.9. The lowest BCUT2D eigenvalue weighted by atomic mass is 9.85. The predicted molar refractivity (Wildman–Crippen MR) is 132 cm³/mol. The van der Waals surface area contributed by atoms with Gasteiger partial charge in [-0.3, -0.25) is 9.59 Å². The number of nitrogens with one attached hydrogen (secondary N) is 2. The summed E-state index contributed by atoms with van der Waals surface area (Å²) < 4.78 is 0. The van der Waals surface area contributed by atoms with E-state index >= 15 is 0 Å². The number of aliphatic hydroxyl groups is 1. The average Bonchev–Trinajstić information content (AvgIpc) is 2.71. The molecule has 33 heavy (non-hydrogen) atoms. The van der Waals surface area contributed by atoms with Crippen LogP contribution in [0.2, 0.25) is 0 Å². The Morgan fingerprint density at radius 2 is 1.70 bits per heavy atom. The minimum atomic E-state index is -0.883. The highest BCUT2D eigenvalue weighted by molar-refractivity contribution is 5.90. The lowest BCUT2D eigenvalue weighted by molar-refractivity contribution is -0.130. The molecule has 6 nitrogen and oxygen atoms in total. The Kier molecular flexibility index (Phi) is 9.51. The summed E-state index contributed by atoms with van der Waals surface area (Å²) in [5, 5.41) is 16.4. The average molecular weight is 456 g/mol. The lowest BCUT2D eigenvalue weighted by Gasteiger charge is -2.27. The number of nitrogens with two attached hydrogens (primary N) is 1. The summed E-state index contributed by atoms with van der Waals surface area (Å²) in [6.45, 7) is 9.73. The molecular weight excluding hydrogens is 414 g/mol. The van der Waals surface area contributed by atoms with E-state index in [0.717, 1.165) is 43.2 Å². The number of carbonyl (C=O) groups is 2. The van der Waals surface area contributed by atoms with Crippen LogP contribution in [0.3, 0.4) is 0 Å². The van der Waals surface area contributed by atoms with Gasteiger partial charge in [0, 0.05) is 17.5 Å². The topological polar surface area (TPSA) is 104 Å². The van der Waals surface area contributed by atoms with Gasteiger partial charge >= 0.3 is 0 Å². The standard InChI is InChI=1S/C27H41N3O3/c1-19(2)17-22(28)24(31)29-23(25(32)30-26(3,4)5)18-21-11-9-20(10-12-21)13-16-27(33)14-7-6-8-15-27/h9-12,19,22-23,33H,6-8,14-15,17-18,28H2,1-5H3,(H,29,31)(H,30,32). The summed E-state index contributed by atoms with van der Waals surface area (Å²) >= 11 is 0. The fourth-order valence-electron chi connectivity index (χ4n) is 3.97. The fourth-order valence-corrected chi connectivity index (χ4v) is 3.97. The van der Waals surface area contributed by atoms with Crippen LogP contribution < -0.4 is 16.4 Å². The van der Waals surface area contributed by atoms with Gasteiger partial charge in [-0.1, -0.05) is 44.2 Å². The van der Waals surface area contributed by atoms with Crippen LogP contribution in [0.4, 0.5) is 0 Å². The van der Waals surface area contributed by atoms with Gasteiger partial charge in [0.2, 0.25) is 11.8 Å². The molecule has 1 aliphatic carbocycles. The fraction of sp³-hybridized carbons (Fsp3) is 0.630. The first-order chi connectivity index (χ1) is 15.4. The summed E-state index contributed by atoms with van der Waals surface area (Å²) in [5.41, 5.74) is 6.45. The monoisotopic (exact) mass is 455 g/mol. The molecule has 0 bridgehead atoms. The Labute approximate surface area is 199 Å². The zero-order valence-corrected chi connectivity index (χ0v) is 20.8. The summed E-state index contributed by atoms with van der Waals surface area (Å²) in [6.07, 6.45) is 5.52. The Bertz CT molecular complexity index is 853. The second-order valence-electron chi connectivity index (χ2n) is 10.8. The highest BCUT2D eigenvalue weighted by Crippen LogP contribution is 2.27. The number of hydrogen-bond donors (Lipinski definition) is 4. The van der Waals surface area contributed by atoms with Crippen LogP contribution in [0.1, 0.15) is 84.3 Å². The Balaban J connectivity index is 2.11. The third-order valence-electron chi connectivity index (χ3n) is 5.71. The number of hydrogen-bond acceptors (Lipinski definition) is 4. The Morgan fingerprint density at radius 3 is 2.24 bits per heavy atom. The van der Waals surface area contributed by atoms with Gasteiger partial charge in [-0.05, 0) is 76.5 Å². The van der Waals surface area contributed by atoms with E-state index in [2.05, 4.69) is 22.5 Å². The van der Waals surface area contributed by atoms with Crippen LogP contribution in [-0.2, 0) is 16.0 Å². The second-order valence-corrected chi connectivity index (χ2v) is 10.8. The molecule has 1 aromatic carbocycles. The van der Waals surface area contributed by atoms with Gasteiger partial charge in [0.1, 0.15) is 11.6 Å². The van der Waals surface area contributed by atoms with Crippen LogP contribution in [0.15, 0.2) is 24.3 Å². The van der Waals surface area contributed by atoms with E-state index in [4.69, 9.17) is 5.73 Å². The largest absolute Gasteiger partial charge is 0.378 e. The molecule has 2 rings (SSSR count). The highest BCUT2D eigenvalue weighted by atomic mass is 16.3. The van der Waals surface area contributed by atoms with Crippen LogP contribution in [0.5, 0.6) is 0 Å². The lowest BCUT2D eigenvalue weighted by Crippen LogP contribution is -2.55. The van der Waals surface area contributed by atoms with Crippen molar-refractivity contribution >= 4 is 11.8 Å². The molecule has 1 fully saturated rings.